The molecule has 0 radical (unpaired) electrons. The average Bonchev–Trinajstić information content (AvgIpc) is 3.17. The molecule has 8 nitrogen and oxygen atoms in total. The predicted molar refractivity (Wildman–Crippen MR) is 121 cm³/mol. The van der Waals surface area contributed by atoms with E-state index in [1.807, 2.05) is 47.9 Å². The Morgan fingerprint density at radius 2 is 1.94 bits per heavy atom. The molecular formula is C24H26N4O4. The second-order valence-electron chi connectivity index (χ2n) is 8.73. The van der Waals surface area contributed by atoms with Crippen molar-refractivity contribution in [1.29, 1.82) is 0 Å². The maximum absolute atomic E-state index is 13.3. The van der Waals surface area contributed by atoms with Crippen LogP contribution in [0.5, 0.6) is 0 Å². The molecule has 1 aromatic carbocycles. The maximum Gasteiger partial charge on any atom is 0.356 e. The molecule has 3 atom stereocenters. The van der Waals surface area contributed by atoms with Gasteiger partial charge in [0.1, 0.15) is 5.69 Å². The number of amides is 1. The molecule has 0 aliphatic carbocycles. The number of carbonyl (C=O) groups is 2. The summed E-state index contributed by atoms with van der Waals surface area (Å²) in [6, 6.07) is 12.5. The molecule has 2 aliphatic heterocycles. The summed E-state index contributed by atoms with van der Waals surface area (Å²) in [5, 5.41) is 3.73. The highest BCUT2D eigenvalue weighted by Gasteiger charge is 2.37. The van der Waals surface area contributed by atoms with Crippen LogP contribution in [0.15, 0.2) is 47.3 Å². The molecule has 2 bridgehead atoms. The Bertz CT molecular complexity index is 1260. The molecule has 3 aromatic rings. The first-order valence-electron chi connectivity index (χ1n) is 10.9. The van der Waals surface area contributed by atoms with Crippen LogP contribution in [0.4, 0.5) is 5.69 Å². The smallest absolute Gasteiger partial charge is 0.356 e. The van der Waals surface area contributed by atoms with E-state index in [1.165, 1.54) is 7.11 Å². The lowest BCUT2D eigenvalue weighted by molar-refractivity contribution is -0.121. The topological polar surface area (TPSA) is 96.4 Å². The number of nitrogens with one attached hydrogen (secondary N) is 2. The van der Waals surface area contributed by atoms with Gasteiger partial charge in [-0.3, -0.25) is 14.5 Å². The van der Waals surface area contributed by atoms with Gasteiger partial charge in [0.25, 0.3) is 5.56 Å². The van der Waals surface area contributed by atoms with Crippen molar-refractivity contribution in [2.75, 3.05) is 25.5 Å². The van der Waals surface area contributed by atoms with Crippen molar-refractivity contribution in [3.8, 4) is 0 Å². The minimum atomic E-state index is -0.529. The van der Waals surface area contributed by atoms with Crippen molar-refractivity contribution in [1.82, 2.24) is 14.5 Å². The van der Waals surface area contributed by atoms with Crippen LogP contribution in [0.1, 0.15) is 35.4 Å². The van der Waals surface area contributed by atoms with E-state index < -0.39 is 5.97 Å². The highest BCUT2D eigenvalue weighted by atomic mass is 16.5. The van der Waals surface area contributed by atoms with E-state index in [0.717, 1.165) is 29.6 Å². The summed E-state index contributed by atoms with van der Waals surface area (Å²) >= 11 is 0. The number of piperidine rings is 1. The van der Waals surface area contributed by atoms with Crippen LogP contribution < -0.4 is 10.9 Å². The summed E-state index contributed by atoms with van der Waals surface area (Å²) in [7, 11) is 1.32. The van der Waals surface area contributed by atoms with Crippen LogP contribution >= 0.6 is 0 Å². The van der Waals surface area contributed by atoms with Gasteiger partial charge in [-0.15, -0.1) is 0 Å². The SMILES string of the molecule is COC(=O)c1[nH]c2ccccc2c1NC(=O)[C@@H](C)N1C[C@@H]2C[C@@H](C1)c1cccc(=O)n1C2. The number of H-pyrrole nitrogens is 1. The van der Waals surface area contributed by atoms with Crippen LogP contribution in [-0.2, 0) is 16.1 Å². The van der Waals surface area contributed by atoms with Gasteiger partial charge in [-0.2, -0.15) is 0 Å². The van der Waals surface area contributed by atoms with Crippen LogP contribution in [-0.4, -0.2) is 52.6 Å². The standard InChI is InChI=1S/C24H26N4O4/c1-14(27-11-15-10-16(13-27)19-8-5-9-20(29)28(19)12-15)23(30)26-21-17-6-3-4-7-18(17)25-22(21)24(31)32-2/h3-9,14-16,25H,10-13H2,1-2H3,(H,26,30)/t14-,15+,16+/m1/s1. The van der Waals surface area contributed by atoms with Crippen LogP contribution in [0, 0.1) is 5.92 Å². The Hall–Kier alpha value is -3.39. The number of benzene rings is 1. The maximum atomic E-state index is 13.3. The Labute approximate surface area is 185 Å². The number of para-hydroxylation sites is 1. The first-order valence-corrected chi connectivity index (χ1v) is 10.9. The first-order chi connectivity index (χ1) is 15.5. The second-order valence-corrected chi connectivity index (χ2v) is 8.73. The summed E-state index contributed by atoms with van der Waals surface area (Å²) in [5.74, 6) is -0.148. The summed E-state index contributed by atoms with van der Waals surface area (Å²) in [4.78, 5) is 43.0. The number of anilines is 1. The van der Waals surface area contributed by atoms with Gasteiger partial charge in [-0.1, -0.05) is 24.3 Å². The van der Waals surface area contributed by atoms with E-state index in [4.69, 9.17) is 4.74 Å². The molecule has 5 rings (SSSR count). The molecule has 2 N–H and O–H groups in total. The van der Waals surface area contributed by atoms with E-state index >= 15 is 0 Å². The van der Waals surface area contributed by atoms with Crippen LogP contribution in [0.25, 0.3) is 10.9 Å². The summed E-state index contributed by atoms with van der Waals surface area (Å²) in [6.07, 6.45) is 1.03. The largest absolute Gasteiger partial charge is 0.464 e. The minimum Gasteiger partial charge on any atom is -0.464 e. The third-order valence-corrected chi connectivity index (χ3v) is 6.78. The van der Waals surface area contributed by atoms with E-state index in [-0.39, 0.29) is 29.1 Å². The van der Waals surface area contributed by atoms with Gasteiger partial charge in [0, 0.05) is 48.2 Å². The fourth-order valence-corrected chi connectivity index (χ4v) is 5.17. The number of ether oxygens (including phenoxy) is 1. The van der Waals surface area contributed by atoms with Crippen LogP contribution in [0.3, 0.4) is 0 Å². The molecule has 4 heterocycles. The van der Waals surface area contributed by atoms with Crippen molar-refractivity contribution < 1.29 is 14.3 Å². The van der Waals surface area contributed by atoms with Crippen LogP contribution in [0.2, 0.25) is 0 Å². The number of esters is 1. The number of aromatic nitrogens is 2. The van der Waals surface area contributed by atoms with Gasteiger partial charge in [-0.25, -0.2) is 4.79 Å². The number of methoxy groups -OCH3 is 1. The molecule has 166 valence electrons. The number of carbonyl (C=O) groups excluding carboxylic acids is 2. The van der Waals surface area contributed by atoms with Crippen molar-refractivity contribution in [3.63, 3.8) is 0 Å². The lowest BCUT2D eigenvalue weighted by Crippen LogP contribution is -2.52. The average molecular weight is 434 g/mol. The molecule has 1 fully saturated rings. The Morgan fingerprint density at radius 3 is 2.75 bits per heavy atom. The zero-order chi connectivity index (χ0) is 22.4. The Balaban J connectivity index is 1.39. The summed E-state index contributed by atoms with van der Waals surface area (Å²) in [6.45, 7) is 4.04. The monoisotopic (exact) mass is 434 g/mol. The van der Waals surface area contributed by atoms with Gasteiger partial charge in [-0.05, 0) is 31.4 Å². The zero-order valence-corrected chi connectivity index (χ0v) is 18.1. The first kappa shape index (κ1) is 20.5. The minimum absolute atomic E-state index is 0.0473. The number of hydrogen-bond acceptors (Lipinski definition) is 5. The Morgan fingerprint density at radius 1 is 1.12 bits per heavy atom. The fourth-order valence-electron chi connectivity index (χ4n) is 5.17. The number of rotatable bonds is 4. The highest BCUT2D eigenvalue weighted by Crippen LogP contribution is 2.36. The molecule has 0 unspecified atom stereocenters. The summed E-state index contributed by atoms with van der Waals surface area (Å²) in [5.41, 5.74) is 2.53. The van der Waals surface area contributed by atoms with E-state index in [1.54, 1.807) is 6.07 Å². The lowest BCUT2D eigenvalue weighted by Gasteiger charge is -2.44. The predicted octanol–water partition coefficient (Wildman–Crippen LogP) is 2.56. The molecule has 0 saturated carbocycles. The van der Waals surface area contributed by atoms with Crippen molar-refractivity contribution in [3.05, 3.63) is 64.2 Å². The molecule has 0 spiro atoms. The quantitative estimate of drug-likeness (QED) is 0.616. The fraction of sp³-hybridized carbons (Fsp3) is 0.375. The van der Waals surface area contributed by atoms with Gasteiger partial charge in [0.2, 0.25) is 5.91 Å². The Kier molecular flexibility index (Phi) is 5.09. The zero-order valence-electron chi connectivity index (χ0n) is 18.1. The molecule has 2 aliphatic rings. The van der Waals surface area contributed by atoms with E-state index in [0.29, 0.717) is 24.7 Å². The number of nitrogens with zero attached hydrogens (tertiary/aromatic N) is 2. The van der Waals surface area contributed by atoms with Gasteiger partial charge < -0.3 is 19.6 Å². The molecule has 1 amide bonds. The van der Waals surface area contributed by atoms with Gasteiger partial charge >= 0.3 is 5.97 Å². The molecular weight excluding hydrogens is 408 g/mol. The number of aromatic amines is 1. The number of fused-ring (bicyclic) bond motifs is 5. The lowest BCUT2D eigenvalue weighted by atomic mass is 9.82. The molecule has 2 aromatic heterocycles. The van der Waals surface area contributed by atoms with E-state index in [2.05, 4.69) is 15.2 Å². The normalized spacial score (nSPS) is 21.1. The number of pyridine rings is 1. The second kappa shape index (κ2) is 7.94. The molecule has 1 saturated heterocycles. The third-order valence-electron chi connectivity index (χ3n) is 6.78. The van der Waals surface area contributed by atoms with Crippen molar-refractivity contribution >= 4 is 28.5 Å². The highest BCUT2D eigenvalue weighted by molar-refractivity contribution is 6.11. The third kappa shape index (κ3) is 3.40. The van der Waals surface area contributed by atoms with Gasteiger partial charge in [0.15, 0.2) is 0 Å². The molecule has 32 heavy (non-hydrogen) atoms. The summed E-state index contributed by atoms with van der Waals surface area (Å²) < 4.78 is 6.78. The van der Waals surface area contributed by atoms with Gasteiger partial charge in [0.05, 0.1) is 18.8 Å². The number of hydrogen-bond donors (Lipinski definition) is 2. The number of likely N-dealkylation sites (tertiary alicyclic amines) is 1. The molecule has 8 heteroatoms. The van der Waals surface area contributed by atoms with Crippen molar-refractivity contribution in [2.45, 2.75) is 31.8 Å². The van der Waals surface area contributed by atoms with E-state index in [9.17, 15) is 14.4 Å². The van der Waals surface area contributed by atoms with Crippen molar-refractivity contribution in [2.24, 2.45) is 5.92 Å².